The molecule has 0 bridgehead atoms. The third kappa shape index (κ3) is 8.58. The molecule has 0 saturated heterocycles. The molecule has 4 aromatic carbocycles. The van der Waals surface area contributed by atoms with E-state index in [-0.39, 0.29) is 30.9 Å². The molecule has 0 N–H and O–H groups in total. The van der Waals surface area contributed by atoms with E-state index in [9.17, 15) is 28.9 Å². The Labute approximate surface area is 396 Å². The molecule has 10 rings (SSSR count). The van der Waals surface area contributed by atoms with Crippen molar-refractivity contribution in [3.8, 4) is 46.8 Å². The molecular formula is C51H44F2N14O2. The van der Waals surface area contributed by atoms with Gasteiger partial charge in [-0.25, -0.2) is 28.7 Å². The molecule has 344 valence electrons. The number of carbonyl (C=O) groups is 2. The Morgan fingerprint density at radius 2 is 0.971 bits per heavy atom. The van der Waals surface area contributed by atoms with Gasteiger partial charge in [0.1, 0.15) is 46.7 Å². The molecule has 0 saturated carbocycles. The largest absolute Gasteiger partial charge is 0.312 e. The Kier molecular flexibility index (Phi) is 13.0. The third-order valence-corrected chi connectivity index (χ3v) is 11.7. The molecule has 2 aliphatic heterocycles. The topological polar surface area (TPSA) is 182 Å². The van der Waals surface area contributed by atoms with Gasteiger partial charge in [-0.15, -0.1) is 0 Å². The summed E-state index contributed by atoms with van der Waals surface area (Å²) in [5.41, 5.74) is 4.92. The number of nitrogens with zero attached hydrogens (tertiary/aromatic N) is 14. The summed E-state index contributed by atoms with van der Waals surface area (Å²) in [4.78, 5) is 60.7. The maximum atomic E-state index is 13.4. The van der Waals surface area contributed by atoms with Crippen LogP contribution in [0, 0.1) is 34.3 Å². The molecule has 18 heteroatoms. The molecule has 0 aliphatic carbocycles. The highest BCUT2D eigenvalue weighted by atomic mass is 19.1. The standard InChI is InChI=1S/2C25H20FN7O.CH4/c2*1-3-20-24(34)31(2)21-15-29-25(30-23(21)33(20)19-6-4-5-16(13-19)14-27)32-12-11-28-22(32)17-7-9-18(26)10-8-17;/h2*4-13,15,20H,3H2,1-2H3;1H4/t2*20-;/m10./s1. The van der Waals surface area contributed by atoms with Crippen LogP contribution in [-0.4, -0.2) is 77.0 Å². The summed E-state index contributed by atoms with van der Waals surface area (Å²) in [5.74, 6) is 2.10. The summed E-state index contributed by atoms with van der Waals surface area (Å²) in [6.45, 7) is 3.88. The van der Waals surface area contributed by atoms with Crippen LogP contribution in [-0.2, 0) is 9.59 Å². The van der Waals surface area contributed by atoms with Gasteiger partial charge in [0, 0.05) is 61.4 Å². The maximum Gasteiger partial charge on any atom is 0.250 e. The van der Waals surface area contributed by atoms with Crippen molar-refractivity contribution in [2.75, 3.05) is 33.7 Å². The predicted octanol–water partition coefficient (Wildman–Crippen LogP) is 9.10. The SMILES string of the molecule is C.CC[C@@H]1C(=O)N(C)c2cnc(-n3ccnc3-c3ccc(F)cc3)nc2N1c1cccc(C#N)c1.CC[C@H]1C(=O)N(C)c2cnc(-n3ccnc3-c3ccc(F)cc3)nc2N1c1cccc(C#N)c1. The Morgan fingerprint density at radius 1 is 0.580 bits per heavy atom. The zero-order valence-corrected chi connectivity index (χ0v) is 37.1. The highest BCUT2D eigenvalue weighted by Crippen LogP contribution is 2.42. The highest BCUT2D eigenvalue weighted by molar-refractivity contribution is 6.07. The number of benzene rings is 4. The van der Waals surface area contributed by atoms with Crippen molar-refractivity contribution in [1.29, 1.82) is 10.5 Å². The lowest BCUT2D eigenvalue weighted by Gasteiger charge is -2.40. The van der Waals surface area contributed by atoms with E-state index in [1.54, 1.807) is 131 Å². The minimum atomic E-state index is -0.492. The van der Waals surface area contributed by atoms with Crippen LogP contribution in [0.3, 0.4) is 0 Å². The first kappa shape index (κ1) is 46.4. The average molecular weight is 923 g/mol. The lowest BCUT2D eigenvalue weighted by atomic mass is 10.1. The van der Waals surface area contributed by atoms with E-state index in [0.29, 0.717) is 93.0 Å². The van der Waals surface area contributed by atoms with Gasteiger partial charge in [0.05, 0.1) is 35.7 Å². The molecule has 2 aliphatic rings. The number of anilines is 6. The van der Waals surface area contributed by atoms with Crippen LogP contribution in [0.2, 0.25) is 0 Å². The van der Waals surface area contributed by atoms with Crippen LogP contribution in [0.25, 0.3) is 34.7 Å². The Hall–Kier alpha value is -9.16. The number of imidazole rings is 2. The molecule has 0 radical (unpaired) electrons. The number of hydrogen-bond donors (Lipinski definition) is 0. The number of amides is 2. The summed E-state index contributed by atoms with van der Waals surface area (Å²) in [6, 6.07) is 29.6. The first-order chi connectivity index (χ1) is 33.0. The molecular weight excluding hydrogens is 879 g/mol. The van der Waals surface area contributed by atoms with Crippen molar-refractivity contribution in [2.24, 2.45) is 0 Å². The van der Waals surface area contributed by atoms with E-state index in [1.165, 1.54) is 24.3 Å². The van der Waals surface area contributed by atoms with E-state index in [2.05, 4.69) is 32.1 Å². The van der Waals surface area contributed by atoms with E-state index >= 15 is 0 Å². The molecule has 0 fully saturated rings. The first-order valence-electron chi connectivity index (χ1n) is 21.5. The van der Waals surface area contributed by atoms with Gasteiger partial charge in [0.2, 0.25) is 23.7 Å². The minimum Gasteiger partial charge on any atom is -0.312 e. The third-order valence-electron chi connectivity index (χ3n) is 11.7. The van der Waals surface area contributed by atoms with Gasteiger partial charge in [0.15, 0.2) is 11.6 Å². The smallest absolute Gasteiger partial charge is 0.250 e. The second-order valence-corrected chi connectivity index (χ2v) is 15.7. The number of hydrogen-bond acceptors (Lipinski definition) is 12. The van der Waals surface area contributed by atoms with Crippen LogP contribution < -0.4 is 19.6 Å². The van der Waals surface area contributed by atoms with Crippen LogP contribution in [0.1, 0.15) is 45.2 Å². The molecule has 4 aromatic heterocycles. The van der Waals surface area contributed by atoms with Gasteiger partial charge >= 0.3 is 0 Å². The molecule has 2 amide bonds. The predicted molar refractivity (Wildman–Crippen MR) is 257 cm³/mol. The fourth-order valence-corrected chi connectivity index (χ4v) is 8.30. The molecule has 6 heterocycles. The normalized spacial score (nSPS) is 15.0. The fraction of sp³-hybridized carbons (Fsp3) is 0.176. The molecule has 69 heavy (non-hydrogen) atoms. The molecule has 0 unspecified atom stereocenters. The van der Waals surface area contributed by atoms with Gasteiger partial charge < -0.3 is 19.6 Å². The fourth-order valence-electron chi connectivity index (χ4n) is 8.30. The van der Waals surface area contributed by atoms with Crippen LogP contribution >= 0.6 is 0 Å². The number of halogens is 2. The number of rotatable bonds is 8. The summed E-state index contributed by atoms with van der Waals surface area (Å²) in [5, 5.41) is 18.8. The molecule has 0 spiro atoms. The summed E-state index contributed by atoms with van der Waals surface area (Å²) in [7, 11) is 3.41. The van der Waals surface area contributed by atoms with Crippen molar-refractivity contribution in [3.05, 3.63) is 157 Å². The quantitative estimate of drug-likeness (QED) is 0.141. The van der Waals surface area contributed by atoms with Crippen molar-refractivity contribution in [1.82, 2.24) is 39.0 Å². The Bertz CT molecular complexity index is 3070. The van der Waals surface area contributed by atoms with Gasteiger partial charge in [-0.1, -0.05) is 33.4 Å². The Morgan fingerprint density at radius 3 is 1.33 bits per heavy atom. The van der Waals surface area contributed by atoms with E-state index in [0.717, 1.165) is 0 Å². The number of aromatic nitrogens is 8. The summed E-state index contributed by atoms with van der Waals surface area (Å²) < 4.78 is 30.3. The summed E-state index contributed by atoms with van der Waals surface area (Å²) in [6.07, 6.45) is 11.0. The maximum absolute atomic E-state index is 13.4. The van der Waals surface area contributed by atoms with Crippen molar-refractivity contribution in [3.63, 3.8) is 0 Å². The van der Waals surface area contributed by atoms with Crippen LogP contribution in [0.5, 0.6) is 0 Å². The van der Waals surface area contributed by atoms with Crippen molar-refractivity contribution >= 4 is 46.2 Å². The van der Waals surface area contributed by atoms with Gasteiger partial charge in [-0.2, -0.15) is 20.5 Å². The number of carbonyl (C=O) groups excluding carboxylic acids is 2. The zero-order valence-electron chi connectivity index (χ0n) is 37.1. The lowest BCUT2D eigenvalue weighted by Crippen LogP contribution is -2.50. The van der Waals surface area contributed by atoms with Crippen LogP contribution in [0.4, 0.5) is 43.2 Å². The Balaban J connectivity index is 0.000000183. The lowest BCUT2D eigenvalue weighted by molar-refractivity contribution is -0.120. The monoisotopic (exact) mass is 922 g/mol. The summed E-state index contributed by atoms with van der Waals surface area (Å²) >= 11 is 0. The molecule has 2 atom stereocenters. The number of nitriles is 2. The molecule has 8 aromatic rings. The zero-order chi connectivity index (χ0) is 47.6. The van der Waals surface area contributed by atoms with Crippen molar-refractivity contribution < 1.29 is 18.4 Å². The number of fused-ring (bicyclic) bond motifs is 2. The van der Waals surface area contributed by atoms with Crippen LogP contribution in [0.15, 0.2) is 134 Å². The van der Waals surface area contributed by atoms with E-state index in [4.69, 9.17) is 9.97 Å². The van der Waals surface area contributed by atoms with Gasteiger partial charge in [0.25, 0.3) is 0 Å². The molecule has 16 nitrogen and oxygen atoms in total. The first-order valence-corrected chi connectivity index (χ1v) is 21.5. The second-order valence-electron chi connectivity index (χ2n) is 15.7. The number of likely N-dealkylation sites (N-methyl/N-ethyl adjacent to an activating group) is 2. The van der Waals surface area contributed by atoms with E-state index in [1.807, 2.05) is 35.8 Å². The average Bonchev–Trinajstić information content (AvgIpc) is 4.08. The second kappa shape index (κ2) is 19.4. The minimum absolute atomic E-state index is 0. The van der Waals surface area contributed by atoms with E-state index < -0.39 is 12.1 Å². The van der Waals surface area contributed by atoms with Crippen molar-refractivity contribution in [2.45, 2.75) is 46.2 Å². The highest BCUT2D eigenvalue weighted by Gasteiger charge is 2.40. The van der Waals surface area contributed by atoms with Gasteiger partial charge in [-0.3, -0.25) is 18.7 Å². The van der Waals surface area contributed by atoms with Gasteiger partial charge in [-0.05, 0) is 97.8 Å².